The van der Waals surface area contributed by atoms with Crippen LogP contribution in [0, 0.1) is 0 Å². The zero-order chi connectivity index (χ0) is 18.5. The molecule has 26 heavy (non-hydrogen) atoms. The third-order valence-corrected chi connectivity index (χ3v) is 4.94. The highest BCUT2D eigenvalue weighted by Gasteiger charge is 2.12. The van der Waals surface area contributed by atoms with Crippen LogP contribution in [0.4, 0.5) is 0 Å². The third-order valence-electron chi connectivity index (χ3n) is 4.32. The van der Waals surface area contributed by atoms with Gasteiger partial charge in [-0.3, -0.25) is 0 Å². The van der Waals surface area contributed by atoms with E-state index in [1.54, 1.807) is 7.11 Å². The highest BCUT2D eigenvalue weighted by atomic mass is 79.9. The predicted molar refractivity (Wildman–Crippen MR) is 105 cm³/mol. The van der Waals surface area contributed by atoms with Gasteiger partial charge in [-0.25, -0.2) is 0 Å². The number of aryl methyl sites for hydroxylation is 1. The summed E-state index contributed by atoms with van der Waals surface area (Å²) in [4.78, 5) is 4.48. The van der Waals surface area contributed by atoms with E-state index < -0.39 is 0 Å². The van der Waals surface area contributed by atoms with E-state index in [1.165, 1.54) is 5.56 Å². The van der Waals surface area contributed by atoms with Crippen LogP contribution in [0.3, 0.4) is 0 Å². The molecule has 0 radical (unpaired) electrons. The Morgan fingerprint density at radius 2 is 1.96 bits per heavy atom. The summed E-state index contributed by atoms with van der Waals surface area (Å²) in [6.07, 6.45) is 1.01. The number of aromatic nitrogens is 2. The molecule has 0 bridgehead atoms. The van der Waals surface area contributed by atoms with Gasteiger partial charge in [0.2, 0.25) is 11.7 Å². The maximum Gasteiger partial charge on any atom is 0.240 e. The Morgan fingerprint density at radius 3 is 2.62 bits per heavy atom. The van der Waals surface area contributed by atoms with Crippen LogP contribution in [-0.4, -0.2) is 17.3 Å². The van der Waals surface area contributed by atoms with Gasteiger partial charge in [-0.15, -0.1) is 0 Å². The van der Waals surface area contributed by atoms with Crippen molar-refractivity contribution in [1.82, 2.24) is 15.5 Å². The molecule has 6 heteroatoms. The van der Waals surface area contributed by atoms with Gasteiger partial charge in [-0.05, 0) is 52.5 Å². The van der Waals surface area contributed by atoms with Gasteiger partial charge < -0.3 is 14.6 Å². The van der Waals surface area contributed by atoms with E-state index in [-0.39, 0.29) is 6.04 Å². The topological polar surface area (TPSA) is 60.2 Å². The Balaban J connectivity index is 1.63. The van der Waals surface area contributed by atoms with Crippen LogP contribution in [0.5, 0.6) is 5.75 Å². The van der Waals surface area contributed by atoms with Crippen molar-refractivity contribution in [2.45, 2.75) is 32.9 Å². The SMILES string of the molecule is CCc1ccc(-c2noc(CN[C@@H](C)c3ccc(OC)c(Br)c3)n2)cc1. The molecule has 0 aliphatic rings. The first-order valence-electron chi connectivity index (χ1n) is 8.59. The molecule has 136 valence electrons. The van der Waals surface area contributed by atoms with E-state index in [0.29, 0.717) is 18.3 Å². The molecule has 3 rings (SSSR count). The van der Waals surface area contributed by atoms with Gasteiger partial charge in [0.05, 0.1) is 18.1 Å². The lowest BCUT2D eigenvalue weighted by Gasteiger charge is -2.14. The summed E-state index contributed by atoms with van der Waals surface area (Å²) in [5.74, 6) is 2.00. The van der Waals surface area contributed by atoms with Crippen molar-refractivity contribution >= 4 is 15.9 Å². The largest absolute Gasteiger partial charge is 0.496 e. The number of rotatable bonds is 7. The summed E-state index contributed by atoms with van der Waals surface area (Å²) in [6, 6.07) is 14.4. The van der Waals surface area contributed by atoms with Gasteiger partial charge in [0.15, 0.2) is 0 Å². The van der Waals surface area contributed by atoms with Crippen molar-refractivity contribution in [3.05, 3.63) is 64.0 Å². The van der Waals surface area contributed by atoms with Gasteiger partial charge in [0.25, 0.3) is 0 Å². The molecular weight excluding hydrogens is 394 g/mol. The fourth-order valence-corrected chi connectivity index (χ4v) is 3.20. The van der Waals surface area contributed by atoms with Gasteiger partial charge in [0.1, 0.15) is 5.75 Å². The van der Waals surface area contributed by atoms with Gasteiger partial charge in [0, 0.05) is 11.6 Å². The minimum atomic E-state index is 0.136. The van der Waals surface area contributed by atoms with Crippen molar-refractivity contribution < 1.29 is 9.26 Å². The van der Waals surface area contributed by atoms with E-state index in [2.05, 4.69) is 57.4 Å². The molecule has 1 aromatic heterocycles. The maximum atomic E-state index is 5.37. The van der Waals surface area contributed by atoms with E-state index in [1.807, 2.05) is 30.3 Å². The Kier molecular flexibility index (Phi) is 6.06. The number of hydrogen-bond donors (Lipinski definition) is 1. The summed E-state index contributed by atoms with van der Waals surface area (Å²) in [5, 5.41) is 7.48. The summed E-state index contributed by atoms with van der Waals surface area (Å²) in [7, 11) is 1.66. The second-order valence-electron chi connectivity index (χ2n) is 6.06. The molecule has 1 heterocycles. The van der Waals surface area contributed by atoms with E-state index >= 15 is 0 Å². The summed E-state index contributed by atoms with van der Waals surface area (Å²) < 4.78 is 11.6. The third kappa shape index (κ3) is 4.31. The normalized spacial score (nSPS) is 12.2. The fraction of sp³-hybridized carbons (Fsp3) is 0.300. The molecule has 2 aromatic carbocycles. The van der Waals surface area contributed by atoms with Crippen LogP contribution in [0.25, 0.3) is 11.4 Å². The highest BCUT2D eigenvalue weighted by molar-refractivity contribution is 9.10. The van der Waals surface area contributed by atoms with Gasteiger partial charge in [-0.1, -0.05) is 42.4 Å². The molecule has 0 amide bonds. The minimum absolute atomic E-state index is 0.136. The van der Waals surface area contributed by atoms with Crippen molar-refractivity contribution in [3.8, 4) is 17.1 Å². The molecular formula is C20H22BrN3O2. The van der Waals surface area contributed by atoms with E-state index in [4.69, 9.17) is 9.26 Å². The van der Waals surface area contributed by atoms with Crippen LogP contribution in [0.1, 0.15) is 36.9 Å². The van der Waals surface area contributed by atoms with Crippen LogP contribution < -0.4 is 10.1 Å². The van der Waals surface area contributed by atoms with Crippen molar-refractivity contribution in [1.29, 1.82) is 0 Å². The van der Waals surface area contributed by atoms with Crippen molar-refractivity contribution in [2.75, 3.05) is 7.11 Å². The number of nitrogens with zero attached hydrogens (tertiary/aromatic N) is 2. The second-order valence-corrected chi connectivity index (χ2v) is 6.91. The zero-order valence-corrected chi connectivity index (χ0v) is 16.7. The number of nitrogens with one attached hydrogen (secondary N) is 1. The minimum Gasteiger partial charge on any atom is -0.496 e. The number of ether oxygens (including phenoxy) is 1. The Bertz CT molecular complexity index is 862. The molecule has 0 unspecified atom stereocenters. The van der Waals surface area contributed by atoms with E-state index in [9.17, 15) is 0 Å². The lowest BCUT2D eigenvalue weighted by molar-refractivity contribution is 0.360. The molecule has 3 aromatic rings. The quantitative estimate of drug-likeness (QED) is 0.593. The Hall–Kier alpha value is -2.18. The van der Waals surface area contributed by atoms with Crippen LogP contribution in [-0.2, 0) is 13.0 Å². The monoisotopic (exact) mass is 415 g/mol. The molecule has 0 spiro atoms. The molecule has 1 N–H and O–H groups in total. The first-order valence-corrected chi connectivity index (χ1v) is 9.38. The molecule has 0 aliphatic carbocycles. The Morgan fingerprint density at radius 1 is 1.19 bits per heavy atom. The van der Waals surface area contributed by atoms with Crippen LogP contribution in [0.15, 0.2) is 51.5 Å². The number of hydrogen-bond acceptors (Lipinski definition) is 5. The summed E-state index contributed by atoms with van der Waals surface area (Å²) in [5.41, 5.74) is 3.40. The fourth-order valence-electron chi connectivity index (χ4n) is 2.64. The van der Waals surface area contributed by atoms with Crippen molar-refractivity contribution in [2.24, 2.45) is 0 Å². The average Bonchev–Trinajstić information content (AvgIpc) is 3.15. The maximum absolute atomic E-state index is 5.37. The number of halogens is 1. The highest BCUT2D eigenvalue weighted by Crippen LogP contribution is 2.28. The van der Waals surface area contributed by atoms with Crippen molar-refractivity contribution in [3.63, 3.8) is 0 Å². The lowest BCUT2D eigenvalue weighted by atomic mass is 10.1. The van der Waals surface area contributed by atoms with Crippen LogP contribution in [0.2, 0.25) is 0 Å². The average molecular weight is 416 g/mol. The summed E-state index contributed by atoms with van der Waals surface area (Å²) >= 11 is 3.52. The predicted octanol–water partition coefficient (Wildman–Crippen LogP) is 4.92. The lowest BCUT2D eigenvalue weighted by Crippen LogP contribution is -2.18. The molecule has 0 saturated heterocycles. The zero-order valence-electron chi connectivity index (χ0n) is 15.1. The Labute approximate surface area is 161 Å². The smallest absolute Gasteiger partial charge is 0.240 e. The molecule has 0 aliphatic heterocycles. The molecule has 0 saturated carbocycles. The summed E-state index contributed by atoms with van der Waals surface area (Å²) in [6.45, 7) is 4.73. The second kappa shape index (κ2) is 8.47. The first-order chi connectivity index (χ1) is 12.6. The molecule has 5 nitrogen and oxygen atoms in total. The number of benzene rings is 2. The molecule has 1 atom stereocenters. The molecule has 0 fully saturated rings. The number of methoxy groups -OCH3 is 1. The standard InChI is InChI=1S/C20H22BrN3O2/c1-4-14-5-7-15(8-6-14)20-23-19(26-24-20)12-22-13(2)16-9-10-18(25-3)17(21)11-16/h5-11,13,22H,4,12H2,1-3H3/t13-/m0/s1. The first kappa shape index (κ1) is 18.6. The van der Waals surface area contributed by atoms with Gasteiger partial charge >= 0.3 is 0 Å². The van der Waals surface area contributed by atoms with E-state index in [0.717, 1.165) is 27.8 Å². The van der Waals surface area contributed by atoms with Crippen LogP contribution >= 0.6 is 15.9 Å². The van der Waals surface area contributed by atoms with Gasteiger partial charge in [-0.2, -0.15) is 4.98 Å².